The first-order chi connectivity index (χ1) is 9.40. The van der Waals surface area contributed by atoms with Gasteiger partial charge in [-0.15, -0.1) is 11.3 Å². The Labute approximate surface area is 127 Å². The molecule has 1 saturated heterocycles. The quantitative estimate of drug-likeness (QED) is 0.922. The van der Waals surface area contributed by atoms with Crippen molar-refractivity contribution in [3.05, 3.63) is 16.1 Å². The highest BCUT2D eigenvalue weighted by Crippen LogP contribution is 2.28. The van der Waals surface area contributed by atoms with Crippen molar-refractivity contribution in [2.24, 2.45) is 5.41 Å². The molecule has 1 fully saturated rings. The average molecular weight is 295 g/mol. The van der Waals surface area contributed by atoms with Crippen LogP contribution < -0.4 is 5.32 Å². The molecule has 0 radical (unpaired) electrons. The normalized spacial score (nSPS) is 25.1. The number of aryl methyl sites for hydroxylation is 1. The first-order valence-electron chi connectivity index (χ1n) is 7.78. The number of hydrogen-bond donors (Lipinski definition) is 1. The molecular weight excluding hydrogens is 266 g/mol. The minimum Gasteiger partial charge on any atom is -0.311 e. The number of hydrogen-bond acceptors (Lipinski definition) is 4. The van der Waals surface area contributed by atoms with Crippen molar-refractivity contribution in [1.82, 2.24) is 15.2 Å². The van der Waals surface area contributed by atoms with Crippen LogP contribution in [0.1, 0.15) is 51.2 Å². The lowest BCUT2D eigenvalue weighted by molar-refractivity contribution is 0.0466. The topological polar surface area (TPSA) is 28.2 Å². The van der Waals surface area contributed by atoms with Crippen LogP contribution in [0.4, 0.5) is 0 Å². The summed E-state index contributed by atoms with van der Waals surface area (Å²) in [5.41, 5.74) is 1.54. The summed E-state index contributed by atoms with van der Waals surface area (Å²) in [7, 11) is 0. The molecule has 0 amide bonds. The molecule has 114 valence electrons. The second kappa shape index (κ2) is 6.54. The van der Waals surface area contributed by atoms with Crippen LogP contribution in [0.3, 0.4) is 0 Å². The molecule has 1 aliphatic heterocycles. The van der Waals surface area contributed by atoms with Gasteiger partial charge in [0.1, 0.15) is 0 Å². The van der Waals surface area contributed by atoms with Gasteiger partial charge in [0, 0.05) is 37.1 Å². The van der Waals surface area contributed by atoms with Crippen LogP contribution in [0.5, 0.6) is 0 Å². The molecule has 0 saturated carbocycles. The van der Waals surface area contributed by atoms with Crippen LogP contribution >= 0.6 is 11.3 Å². The molecule has 2 rings (SSSR count). The van der Waals surface area contributed by atoms with Gasteiger partial charge in [-0.1, -0.05) is 34.1 Å². The van der Waals surface area contributed by atoms with Crippen molar-refractivity contribution in [3.63, 3.8) is 0 Å². The highest BCUT2D eigenvalue weighted by molar-refractivity contribution is 7.09. The number of rotatable bonds is 4. The molecule has 4 heteroatoms. The molecule has 0 aliphatic carbocycles. The van der Waals surface area contributed by atoms with Gasteiger partial charge in [0.05, 0.1) is 10.7 Å². The maximum Gasteiger partial charge on any atom is 0.0897 e. The Balaban J connectivity index is 2.09. The van der Waals surface area contributed by atoms with Crippen LogP contribution in [0.15, 0.2) is 5.38 Å². The summed E-state index contributed by atoms with van der Waals surface area (Å²) in [6, 6.07) is 1.22. The monoisotopic (exact) mass is 295 g/mol. The van der Waals surface area contributed by atoms with Gasteiger partial charge in [-0.3, -0.25) is 4.90 Å². The van der Waals surface area contributed by atoms with E-state index in [1.807, 2.05) is 0 Å². The molecule has 0 bridgehead atoms. The minimum atomic E-state index is 0.301. The average Bonchev–Trinajstić information content (AvgIpc) is 2.74. The molecule has 1 aromatic rings. The second-order valence-electron chi connectivity index (χ2n) is 7.06. The minimum absolute atomic E-state index is 0.301. The van der Waals surface area contributed by atoms with Gasteiger partial charge in [-0.25, -0.2) is 4.98 Å². The summed E-state index contributed by atoms with van der Waals surface area (Å²) in [5.74, 6) is 0. The molecule has 3 nitrogen and oxygen atoms in total. The van der Waals surface area contributed by atoms with Crippen molar-refractivity contribution in [3.8, 4) is 0 Å². The van der Waals surface area contributed by atoms with Crippen LogP contribution in [0.25, 0.3) is 0 Å². The van der Waals surface area contributed by atoms with Crippen molar-refractivity contribution < 1.29 is 0 Å². The van der Waals surface area contributed by atoms with Crippen molar-refractivity contribution in [2.45, 2.75) is 66.1 Å². The smallest absolute Gasteiger partial charge is 0.0897 e. The first-order valence-corrected chi connectivity index (χ1v) is 8.66. The number of thiazole rings is 1. The Morgan fingerprint density at radius 3 is 2.75 bits per heavy atom. The number of piperazine rings is 1. The zero-order valence-electron chi connectivity index (χ0n) is 13.6. The summed E-state index contributed by atoms with van der Waals surface area (Å²) in [6.45, 7) is 14.6. The van der Waals surface area contributed by atoms with Gasteiger partial charge < -0.3 is 5.32 Å². The van der Waals surface area contributed by atoms with E-state index in [1.165, 1.54) is 23.5 Å². The van der Waals surface area contributed by atoms with E-state index in [-0.39, 0.29) is 0 Å². The van der Waals surface area contributed by atoms with E-state index in [0.29, 0.717) is 17.5 Å². The van der Waals surface area contributed by atoms with E-state index in [2.05, 4.69) is 55.2 Å². The lowest BCUT2D eigenvalue weighted by Crippen LogP contribution is -2.60. The van der Waals surface area contributed by atoms with E-state index >= 15 is 0 Å². The highest BCUT2D eigenvalue weighted by atomic mass is 32.1. The van der Waals surface area contributed by atoms with E-state index in [1.54, 1.807) is 11.3 Å². The van der Waals surface area contributed by atoms with Crippen LogP contribution in [0, 0.1) is 12.3 Å². The lowest BCUT2D eigenvalue weighted by atomic mass is 9.83. The standard InChI is InChI=1S/C16H29N3S/c1-6-7-13-9-19(10-14-11-20-12(2)18-14)15(8-17-13)16(3,4)5/h11,13,15,17H,6-10H2,1-5H3. The van der Waals surface area contributed by atoms with E-state index in [0.717, 1.165) is 19.6 Å². The highest BCUT2D eigenvalue weighted by Gasteiger charge is 2.35. The number of nitrogens with zero attached hydrogens (tertiary/aromatic N) is 2. The molecule has 1 N–H and O–H groups in total. The predicted octanol–water partition coefficient (Wildman–Crippen LogP) is 3.44. The second-order valence-corrected chi connectivity index (χ2v) is 8.13. The summed E-state index contributed by atoms with van der Waals surface area (Å²) < 4.78 is 0. The zero-order chi connectivity index (χ0) is 14.8. The van der Waals surface area contributed by atoms with E-state index in [9.17, 15) is 0 Å². The van der Waals surface area contributed by atoms with Gasteiger partial charge in [-0.05, 0) is 18.8 Å². The molecule has 1 aromatic heterocycles. The lowest BCUT2D eigenvalue weighted by Gasteiger charge is -2.46. The van der Waals surface area contributed by atoms with Crippen LogP contribution in [0.2, 0.25) is 0 Å². The van der Waals surface area contributed by atoms with Gasteiger partial charge in [0.15, 0.2) is 0 Å². The Bertz CT molecular complexity index is 422. The molecule has 2 heterocycles. The van der Waals surface area contributed by atoms with Gasteiger partial charge in [0.2, 0.25) is 0 Å². The summed E-state index contributed by atoms with van der Waals surface area (Å²) in [4.78, 5) is 7.29. The van der Waals surface area contributed by atoms with Crippen molar-refractivity contribution >= 4 is 11.3 Å². The maximum absolute atomic E-state index is 4.65. The fraction of sp³-hybridized carbons (Fsp3) is 0.812. The van der Waals surface area contributed by atoms with Crippen molar-refractivity contribution in [2.75, 3.05) is 13.1 Å². The summed E-state index contributed by atoms with van der Waals surface area (Å²) >= 11 is 1.76. The van der Waals surface area contributed by atoms with E-state index in [4.69, 9.17) is 0 Å². The predicted molar refractivity (Wildman–Crippen MR) is 87.2 cm³/mol. The Hall–Kier alpha value is -0.450. The fourth-order valence-corrected chi connectivity index (χ4v) is 3.75. The van der Waals surface area contributed by atoms with E-state index < -0.39 is 0 Å². The molecular formula is C16H29N3S. The SMILES string of the molecule is CCCC1CN(Cc2csc(C)n2)C(C(C)(C)C)CN1. The summed E-state index contributed by atoms with van der Waals surface area (Å²) in [6.07, 6.45) is 2.52. The van der Waals surface area contributed by atoms with Gasteiger partial charge in [0.25, 0.3) is 0 Å². The molecule has 0 aromatic carbocycles. The third-order valence-electron chi connectivity index (χ3n) is 4.16. The number of nitrogens with one attached hydrogen (secondary N) is 1. The Morgan fingerprint density at radius 2 is 2.20 bits per heavy atom. The third kappa shape index (κ3) is 4.03. The van der Waals surface area contributed by atoms with Gasteiger partial charge >= 0.3 is 0 Å². The maximum atomic E-state index is 4.65. The fourth-order valence-electron chi connectivity index (χ4n) is 3.14. The van der Waals surface area contributed by atoms with Gasteiger partial charge in [-0.2, -0.15) is 0 Å². The van der Waals surface area contributed by atoms with Crippen molar-refractivity contribution in [1.29, 1.82) is 0 Å². The summed E-state index contributed by atoms with van der Waals surface area (Å²) in [5, 5.41) is 7.13. The largest absolute Gasteiger partial charge is 0.311 e. The molecule has 1 aliphatic rings. The molecule has 2 atom stereocenters. The van der Waals surface area contributed by atoms with Crippen LogP contribution in [-0.4, -0.2) is 35.1 Å². The third-order valence-corrected chi connectivity index (χ3v) is 4.99. The molecule has 20 heavy (non-hydrogen) atoms. The Morgan fingerprint density at radius 1 is 1.45 bits per heavy atom. The zero-order valence-corrected chi connectivity index (χ0v) is 14.4. The van der Waals surface area contributed by atoms with Crippen LogP contribution in [-0.2, 0) is 6.54 Å². The molecule has 2 unspecified atom stereocenters. The Kier molecular flexibility index (Phi) is 5.21. The first kappa shape index (κ1) is 15.9. The molecule has 0 spiro atoms. The number of aromatic nitrogens is 1.